The summed E-state index contributed by atoms with van der Waals surface area (Å²) in [6.45, 7) is 3.91. The Morgan fingerprint density at radius 2 is 1.54 bits per heavy atom. The predicted octanol–water partition coefficient (Wildman–Crippen LogP) is 3.47. The minimum Gasteiger partial charge on any atom is -0.383 e. The van der Waals surface area contributed by atoms with Crippen LogP contribution in [0.4, 0.5) is 5.82 Å². The summed E-state index contributed by atoms with van der Waals surface area (Å²) in [5.41, 5.74) is 9.83. The van der Waals surface area contributed by atoms with Crippen molar-refractivity contribution in [3.63, 3.8) is 0 Å². The van der Waals surface area contributed by atoms with Gasteiger partial charge in [0.15, 0.2) is 11.5 Å². The second-order valence-corrected chi connectivity index (χ2v) is 9.80. The molecule has 0 bridgehead atoms. The first-order valence-corrected chi connectivity index (χ1v) is 12.9. The number of hydrogen-bond acceptors (Lipinski definition) is 8. The van der Waals surface area contributed by atoms with E-state index in [1.807, 2.05) is 62.4 Å². The molecule has 0 aliphatic rings. The Morgan fingerprint density at radius 3 is 2.39 bits per heavy atom. The summed E-state index contributed by atoms with van der Waals surface area (Å²) in [5.74, 6) is 0.844. The van der Waals surface area contributed by atoms with E-state index in [1.165, 1.54) is 17.2 Å². The highest BCUT2D eigenvalue weighted by molar-refractivity contribution is 5.93. The van der Waals surface area contributed by atoms with Gasteiger partial charge >= 0.3 is 0 Å². The molecule has 0 unspecified atom stereocenters. The van der Waals surface area contributed by atoms with Crippen molar-refractivity contribution in [1.82, 2.24) is 38.9 Å². The van der Waals surface area contributed by atoms with Gasteiger partial charge in [0, 0.05) is 0 Å². The van der Waals surface area contributed by atoms with Gasteiger partial charge in [-0.05, 0) is 49.2 Å². The molecule has 11 heteroatoms. The number of benzene rings is 3. The molecule has 200 valence electrons. The van der Waals surface area contributed by atoms with Crippen LogP contribution in [0.1, 0.15) is 17.0 Å². The van der Waals surface area contributed by atoms with E-state index in [0.717, 1.165) is 11.1 Å². The Kier molecular flexibility index (Phi) is 5.46. The van der Waals surface area contributed by atoms with E-state index in [-0.39, 0.29) is 29.3 Å². The van der Waals surface area contributed by atoms with E-state index in [2.05, 4.69) is 15.0 Å². The summed E-state index contributed by atoms with van der Waals surface area (Å²) >= 11 is 0. The van der Waals surface area contributed by atoms with Gasteiger partial charge < -0.3 is 5.73 Å². The molecule has 7 rings (SSSR count). The van der Waals surface area contributed by atoms with Crippen LogP contribution >= 0.6 is 0 Å². The third-order valence-electron chi connectivity index (χ3n) is 7.26. The number of hydrogen-bond donors (Lipinski definition) is 1. The molecule has 0 saturated heterocycles. The molecule has 0 aliphatic heterocycles. The summed E-state index contributed by atoms with van der Waals surface area (Å²) < 4.78 is 4.54. The Hall–Kier alpha value is -5.71. The molecular weight excluding hydrogens is 518 g/mol. The third kappa shape index (κ3) is 3.78. The van der Waals surface area contributed by atoms with Gasteiger partial charge in [-0.25, -0.2) is 29.2 Å². The molecule has 0 saturated carbocycles. The molecule has 0 radical (unpaired) electrons. The molecule has 11 nitrogen and oxygen atoms in total. The quantitative estimate of drug-likeness (QED) is 0.357. The number of para-hydroxylation sites is 2. The van der Waals surface area contributed by atoms with Gasteiger partial charge in [-0.3, -0.25) is 14.2 Å². The van der Waals surface area contributed by atoms with Crippen LogP contribution in [0.3, 0.4) is 0 Å². The van der Waals surface area contributed by atoms with E-state index in [9.17, 15) is 9.59 Å². The first kappa shape index (κ1) is 24.3. The van der Waals surface area contributed by atoms with E-state index < -0.39 is 0 Å². The maximum atomic E-state index is 14.0. The number of fused-ring (bicyclic) bond motifs is 3. The second-order valence-electron chi connectivity index (χ2n) is 9.80. The van der Waals surface area contributed by atoms with Crippen molar-refractivity contribution in [2.75, 3.05) is 5.73 Å². The van der Waals surface area contributed by atoms with E-state index in [4.69, 9.17) is 15.8 Å². The summed E-state index contributed by atoms with van der Waals surface area (Å²) in [5, 5.41) is 6.15. The van der Waals surface area contributed by atoms with Crippen molar-refractivity contribution in [3.8, 4) is 11.5 Å². The number of aromatic nitrogens is 8. The Morgan fingerprint density at radius 1 is 0.780 bits per heavy atom. The van der Waals surface area contributed by atoms with Crippen molar-refractivity contribution in [1.29, 1.82) is 0 Å². The zero-order valence-corrected chi connectivity index (χ0v) is 22.2. The zero-order chi connectivity index (χ0) is 28.2. The Bertz CT molecular complexity index is 2280. The van der Waals surface area contributed by atoms with Gasteiger partial charge in [-0.15, -0.1) is 0 Å². The summed E-state index contributed by atoms with van der Waals surface area (Å²) in [7, 11) is 0. The number of anilines is 1. The fourth-order valence-electron chi connectivity index (χ4n) is 5.25. The van der Waals surface area contributed by atoms with Crippen molar-refractivity contribution < 1.29 is 0 Å². The molecule has 0 aliphatic carbocycles. The van der Waals surface area contributed by atoms with Gasteiger partial charge in [-0.2, -0.15) is 5.10 Å². The van der Waals surface area contributed by atoms with Crippen LogP contribution in [-0.2, 0) is 6.54 Å². The van der Waals surface area contributed by atoms with Gasteiger partial charge in [0.25, 0.3) is 11.1 Å². The van der Waals surface area contributed by atoms with E-state index in [0.29, 0.717) is 44.4 Å². The minimum atomic E-state index is -0.304. The molecule has 4 heterocycles. The van der Waals surface area contributed by atoms with Gasteiger partial charge in [-0.1, -0.05) is 42.5 Å². The normalized spacial score (nSPS) is 11.6. The van der Waals surface area contributed by atoms with Gasteiger partial charge in [0.05, 0.1) is 27.5 Å². The lowest BCUT2D eigenvalue weighted by Gasteiger charge is -2.16. The Balaban J connectivity index is 1.50. The Labute approximate surface area is 232 Å². The average Bonchev–Trinajstić information content (AvgIpc) is 3.33. The van der Waals surface area contributed by atoms with Crippen LogP contribution in [0.15, 0.2) is 89.0 Å². The molecule has 3 aromatic carbocycles. The minimum absolute atomic E-state index is 0.0656. The van der Waals surface area contributed by atoms with E-state index >= 15 is 0 Å². The van der Waals surface area contributed by atoms with Crippen LogP contribution in [0.5, 0.6) is 0 Å². The van der Waals surface area contributed by atoms with Crippen LogP contribution in [-0.4, -0.2) is 38.9 Å². The number of nitrogens with two attached hydrogens (primary N) is 1. The smallest absolute Gasteiger partial charge is 0.267 e. The highest BCUT2D eigenvalue weighted by Crippen LogP contribution is 2.26. The zero-order valence-electron chi connectivity index (χ0n) is 22.2. The largest absolute Gasteiger partial charge is 0.383 e. The SMILES string of the molecule is Cc1ccccc1-n1c(Cn2nc(-n3cnc4ccccc4c3=O)c3c(N)ncnc32)nc2cccc(C)c2c1=O. The molecule has 0 fully saturated rings. The first-order chi connectivity index (χ1) is 19.9. The monoisotopic (exact) mass is 541 g/mol. The van der Waals surface area contributed by atoms with Crippen LogP contribution in [0.25, 0.3) is 44.3 Å². The molecule has 0 amide bonds. The topological polar surface area (TPSA) is 139 Å². The van der Waals surface area contributed by atoms with Gasteiger partial charge in [0.1, 0.15) is 36.2 Å². The van der Waals surface area contributed by atoms with Crippen molar-refractivity contribution in [3.05, 3.63) is 117 Å². The molecule has 2 N–H and O–H groups in total. The molecular formula is C30H23N9O2. The standard InChI is InChI=1S/C30H23N9O2/c1-17-8-3-6-13-22(17)39-23(35-21-12-7-9-18(2)24(21)30(39)41)14-38-27-25(26(31)32-15-33-27)28(36-38)37-16-34-20-11-5-4-10-19(20)29(37)40/h3-13,15-16H,14H2,1-2H3,(H2,31,32,33). The second kappa shape index (κ2) is 9.19. The van der Waals surface area contributed by atoms with Crippen LogP contribution in [0, 0.1) is 13.8 Å². The number of nitrogens with zero attached hydrogens (tertiary/aromatic N) is 8. The molecule has 0 spiro atoms. The highest BCUT2D eigenvalue weighted by Gasteiger charge is 2.22. The summed E-state index contributed by atoms with van der Waals surface area (Å²) in [6.07, 6.45) is 2.76. The fourth-order valence-corrected chi connectivity index (χ4v) is 5.25. The number of nitrogen functional groups attached to an aromatic ring is 1. The van der Waals surface area contributed by atoms with Crippen molar-refractivity contribution >= 4 is 38.7 Å². The molecule has 41 heavy (non-hydrogen) atoms. The molecule has 0 atom stereocenters. The van der Waals surface area contributed by atoms with Crippen molar-refractivity contribution in [2.24, 2.45) is 0 Å². The highest BCUT2D eigenvalue weighted by atomic mass is 16.1. The molecule has 4 aromatic heterocycles. The summed E-state index contributed by atoms with van der Waals surface area (Å²) in [6, 6.07) is 20.3. The lowest BCUT2D eigenvalue weighted by atomic mass is 10.1. The third-order valence-corrected chi connectivity index (χ3v) is 7.26. The van der Waals surface area contributed by atoms with Crippen molar-refractivity contribution in [2.45, 2.75) is 20.4 Å². The number of aryl methyl sites for hydroxylation is 2. The lowest BCUT2D eigenvalue weighted by molar-refractivity contribution is 0.641. The fraction of sp³-hybridized carbons (Fsp3) is 0.100. The van der Waals surface area contributed by atoms with Crippen LogP contribution < -0.4 is 16.9 Å². The lowest BCUT2D eigenvalue weighted by Crippen LogP contribution is -2.27. The maximum Gasteiger partial charge on any atom is 0.267 e. The number of rotatable bonds is 4. The first-order valence-electron chi connectivity index (χ1n) is 12.9. The van der Waals surface area contributed by atoms with E-state index in [1.54, 1.807) is 27.4 Å². The molecule has 7 aromatic rings. The maximum absolute atomic E-state index is 14.0. The predicted molar refractivity (Wildman–Crippen MR) is 157 cm³/mol. The van der Waals surface area contributed by atoms with Crippen LogP contribution in [0.2, 0.25) is 0 Å². The summed E-state index contributed by atoms with van der Waals surface area (Å²) in [4.78, 5) is 45.5. The van der Waals surface area contributed by atoms with Gasteiger partial charge in [0.2, 0.25) is 0 Å². The average molecular weight is 542 g/mol.